The van der Waals surface area contributed by atoms with Gasteiger partial charge in [0.1, 0.15) is 0 Å². The summed E-state index contributed by atoms with van der Waals surface area (Å²) in [4.78, 5) is 13.2. The van der Waals surface area contributed by atoms with E-state index >= 15 is 0 Å². The fourth-order valence-corrected chi connectivity index (χ4v) is 2.24. The fourth-order valence-electron chi connectivity index (χ4n) is 2.13. The van der Waals surface area contributed by atoms with Gasteiger partial charge >= 0.3 is 0 Å². The van der Waals surface area contributed by atoms with E-state index < -0.39 is 6.10 Å². The van der Waals surface area contributed by atoms with Crippen molar-refractivity contribution in [3.8, 4) is 0 Å². The highest BCUT2D eigenvalue weighted by molar-refractivity contribution is 6.18. The second-order valence-corrected chi connectivity index (χ2v) is 4.76. The summed E-state index contributed by atoms with van der Waals surface area (Å²) in [7, 11) is 0. The van der Waals surface area contributed by atoms with Gasteiger partial charge in [0, 0.05) is 31.4 Å². The van der Waals surface area contributed by atoms with E-state index in [-0.39, 0.29) is 11.8 Å². The third-order valence-corrected chi connectivity index (χ3v) is 3.43. The van der Waals surface area contributed by atoms with Crippen molar-refractivity contribution in [2.24, 2.45) is 0 Å². The number of hydrogen-bond acceptors (Lipinski definition) is 3. The summed E-state index contributed by atoms with van der Waals surface area (Å²) in [6.45, 7) is 2.76. The molecule has 2 rings (SSSR count). The van der Waals surface area contributed by atoms with Crippen LogP contribution in [0.2, 0.25) is 0 Å². The van der Waals surface area contributed by atoms with E-state index in [0.29, 0.717) is 6.54 Å². The molecule has 0 fully saturated rings. The SMILES string of the molecule is CC(=O)N1CCc2cc(NCC(O)CCl)ccc21. The van der Waals surface area contributed by atoms with Gasteiger partial charge in [-0.15, -0.1) is 11.6 Å². The van der Waals surface area contributed by atoms with Crippen LogP contribution in [0.25, 0.3) is 0 Å². The number of amides is 1. The third-order valence-electron chi connectivity index (χ3n) is 3.08. The summed E-state index contributed by atoms with van der Waals surface area (Å²) in [5, 5.41) is 12.5. The Hall–Kier alpha value is -1.26. The quantitative estimate of drug-likeness (QED) is 0.816. The molecule has 1 unspecified atom stereocenters. The van der Waals surface area contributed by atoms with Gasteiger partial charge in [-0.2, -0.15) is 0 Å². The first-order valence-corrected chi connectivity index (χ1v) is 6.54. The summed E-state index contributed by atoms with van der Waals surface area (Å²) in [6, 6.07) is 5.89. The van der Waals surface area contributed by atoms with Crippen molar-refractivity contribution in [3.63, 3.8) is 0 Å². The molecule has 1 atom stereocenters. The van der Waals surface area contributed by atoms with Gasteiger partial charge in [-0.25, -0.2) is 0 Å². The van der Waals surface area contributed by atoms with Crippen LogP contribution in [0.5, 0.6) is 0 Å². The van der Waals surface area contributed by atoms with Gasteiger partial charge in [0.15, 0.2) is 0 Å². The molecule has 1 aromatic rings. The average Bonchev–Trinajstić information content (AvgIpc) is 2.78. The molecule has 0 spiro atoms. The highest BCUT2D eigenvalue weighted by Crippen LogP contribution is 2.30. The van der Waals surface area contributed by atoms with Crippen LogP contribution in [0.1, 0.15) is 12.5 Å². The Morgan fingerprint density at radius 2 is 2.39 bits per heavy atom. The summed E-state index contributed by atoms with van der Waals surface area (Å²) in [6.07, 6.45) is 0.330. The van der Waals surface area contributed by atoms with Crippen molar-refractivity contribution in [1.82, 2.24) is 0 Å². The van der Waals surface area contributed by atoms with Crippen LogP contribution in [0.3, 0.4) is 0 Å². The van der Waals surface area contributed by atoms with Gasteiger partial charge in [0.05, 0.1) is 12.0 Å². The zero-order valence-electron chi connectivity index (χ0n) is 10.3. The normalized spacial score (nSPS) is 15.4. The molecule has 0 aromatic heterocycles. The van der Waals surface area contributed by atoms with Gasteiger partial charge in [0.25, 0.3) is 0 Å². The van der Waals surface area contributed by atoms with Crippen LogP contribution >= 0.6 is 11.6 Å². The lowest BCUT2D eigenvalue weighted by atomic mass is 10.1. The second kappa shape index (κ2) is 5.59. The Bertz CT molecular complexity index is 451. The van der Waals surface area contributed by atoms with E-state index in [4.69, 9.17) is 11.6 Å². The maximum atomic E-state index is 11.4. The van der Waals surface area contributed by atoms with Gasteiger partial charge in [-0.1, -0.05) is 0 Å². The number of hydrogen-bond donors (Lipinski definition) is 2. The topological polar surface area (TPSA) is 52.6 Å². The van der Waals surface area contributed by atoms with Crippen molar-refractivity contribution < 1.29 is 9.90 Å². The van der Waals surface area contributed by atoms with Gasteiger partial charge in [-0.05, 0) is 30.2 Å². The number of aliphatic hydroxyl groups excluding tert-OH is 1. The zero-order valence-corrected chi connectivity index (χ0v) is 11.1. The summed E-state index contributed by atoms with van der Waals surface area (Å²) in [5.41, 5.74) is 3.10. The van der Waals surface area contributed by atoms with Crippen molar-refractivity contribution in [1.29, 1.82) is 0 Å². The largest absolute Gasteiger partial charge is 0.390 e. The number of aliphatic hydroxyl groups is 1. The van der Waals surface area contributed by atoms with Crippen molar-refractivity contribution >= 4 is 28.9 Å². The van der Waals surface area contributed by atoms with E-state index in [9.17, 15) is 9.90 Å². The molecular formula is C13H17ClN2O2. The van der Waals surface area contributed by atoms with Crippen molar-refractivity contribution in [2.45, 2.75) is 19.4 Å². The Morgan fingerprint density at radius 1 is 1.61 bits per heavy atom. The number of anilines is 2. The van der Waals surface area contributed by atoms with E-state index in [1.165, 1.54) is 0 Å². The Kier molecular flexibility index (Phi) is 4.09. The van der Waals surface area contributed by atoms with E-state index in [0.717, 1.165) is 29.9 Å². The number of fused-ring (bicyclic) bond motifs is 1. The smallest absolute Gasteiger partial charge is 0.223 e. The number of carbonyl (C=O) groups is 1. The second-order valence-electron chi connectivity index (χ2n) is 4.45. The molecule has 0 aliphatic carbocycles. The molecule has 2 N–H and O–H groups in total. The van der Waals surface area contributed by atoms with E-state index in [2.05, 4.69) is 5.32 Å². The maximum absolute atomic E-state index is 11.4. The number of halogens is 1. The van der Waals surface area contributed by atoms with Gasteiger partial charge < -0.3 is 15.3 Å². The van der Waals surface area contributed by atoms with Crippen LogP contribution in [0.15, 0.2) is 18.2 Å². The minimum Gasteiger partial charge on any atom is -0.390 e. The number of rotatable bonds is 4. The molecule has 0 saturated carbocycles. The first-order chi connectivity index (χ1) is 8.61. The lowest BCUT2D eigenvalue weighted by Crippen LogP contribution is -2.25. The molecule has 1 heterocycles. The van der Waals surface area contributed by atoms with E-state index in [1.54, 1.807) is 11.8 Å². The van der Waals surface area contributed by atoms with Crippen molar-refractivity contribution in [2.75, 3.05) is 29.2 Å². The molecule has 4 nitrogen and oxygen atoms in total. The summed E-state index contributed by atoms with van der Waals surface area (Å²) < 4.78 is 0. The number of nitrogens with one attached hydrogen (secondary N) is 1. The third kappa shape index (κ3) is 2.76. The number of alkyl halides is 1. The molecule has 1 aliphatic rings. The molecule has 18 heavy (non-hydrogen) atoms. The zero-order chi connectivity index (χ0) is 13.1. The molecule has 0 saturated heterocycles. The monoisotopic (exact) mass is 268 g/mol. The minimum absolute atomic E-state index is 0.0759. The standard InChI is InChI=1S/C13H17ClN2O2/c1-9(17)16-5-4-10-6-11(2-3-13(10)16)15-8-12(18)7-14/h2-3,6,12,15,18H,4-5,7-8H2,1H3. The number of carbonyl (C=O) groups excluding carboxylic acids is 1. The summed E-state index contributed by atoms with van der Waals surface area (Å²) >= 11 is 5.53. The highest BCUT2D eigenvalue weighted by atomic mass is 35.5. The van der Waals surface area contributed by atoms with Crippen LogP contribution in [0, 0.1) is 0 Å². The molecule has 0 bridgehead atoms. The minimum atomic E-state index is -0.548. The predicted octanol–water partition coefficient (Wildman–Crippen LogP) is 1.61. The molecular weight excluding hydrogens is 252 g/mol. The molecule has 1 aliphatic heterocycles. The fraction of sp³-hybridized carbons (Fsp3) is 0.462. The first kappa shape index (κ1) is 13.2. The van der Waals surface area contributed by atoms with Crippen LogP contribution in [0.4, 0.5) is 11.4 Å². The molecule has 98 valence electrons. The number of benzene rings is 1. The van der Waals surface area contributed by atoms with Crippen LogP contribution < -0.4 is 10.2 Å². The average molecular weight is 269 g/mol. The maximum Gasteiger partial charge on any atom is 0.223 e. The first-order valence-electron chi connectivity index (χ1n) is 6.00. The molecule has 1 amide bonds. The Balaban J connectivity index is 2.07. The lowest BCUT2D eigenvalue weighted by Gasteiger charge is -2.15. The highest BCUT2D eigenvalue weighted by Gasteiger charge is 2.21. The van der Waals surface area contributed by atoms with Gasteiger partial charge in [-0.3, -0.25) is 4.79 Å². The van der Waals surface area contributed by atoms with Crippen molar-refractivity contribution in [3.05, 3.63) is 23.8 Å². The lowest BCUT2D eigenvalue weighted by molar-refractivity contribution is -0.116. The van der Waals surface area contributed by atoms with Crippen LogP contribution in [-0.2, 0) is 11.2 Å². The Morgan fingerprint density at radius 3 is 3.06 bits per heavy atom. The molecule has 5 heteroatoms. The van der Waals surface area contributed by atoms with Gasteiger partial charge in [0.2, 0.25) is 5.91 Å². The summed E-state index contributed by atoms with van der Waals surface area (Å²) in [5.74, 6) is 0.294. The van der Waals surface area contributed by atoms with Crippen LogP contribution in [-0.4, -0.2) is 36.1 Å². The van der Waals surface area contributed by atoms with E-state index in [1.807, 2.05) is 18.2 Å². The number of nitrogens with zero attached hydrogens (tertiary/aromatic N) is 1. The predicted molar refractivity (Wildman–Crippen MR) is 73.4 cm³/mol. The molecule has 0 radical (unpaired) electrons. The Labute approximate surface area is 112 Å². The molecule has 1 aromatic carbocycles.